The van der Waals surface area contributed by atoms with Crippen LogP contribution in [0.3, 0.4) is 0 Å². The van der Waals surface area contributed by atoms with E-state index in [-0.39, 0.29) is 12.1 Å². The van der Waals surface area contributed by atoms with Gasteiger partial charge in [-0.3, -0.25) is 14.8 Å². The van der Waals surface area contributed by atoms with Crippen molar-refractivity contribution >= 4 is 23.9 Å². The van der Waals surface area contributed by atoms with E-state index in [1.54, 1.807) is 31.4 Å². The molecule has 0 amide bonds. The number of aliphatic imine (C=N–C) groups is 1. The Balaban J connectivity index is 1.99. The van der Waals surface area contributed by atoms with Gasteiger partial charge >= 0.3 is 6.18 Å². The highest BCUT2D eigenvalue weighted by Gasteiger charge is 2.32. The molecule has 3 rings (SSSR count). The Bertz CT molecular complexity index is 986. The molecule has 2 aromatic rings. The second-order valence-corrected chi connectivity index (χ2v) is 9.18. The standard InChI is InChI=1S/C23H27F3N4OS/c1-15-17(5-4-6-20(15)23(24,25)26)12-28-22(29-30(2)3)19-11-21(27-13-18(19)14-31)16-7-9-32-10-8-16/h4-6,11,13-14,16H,7-10,12H2,1-3H3,(H,28,29). The van der Waals surface area contributed by atoms with Gasteiger partial charge in [0.05, 0.1) is 12.1 Å². The van der Waals surface area contributed by atoms with Crippen LogP contribution in [0.4, 0.5) is 13.2 Å². The summed E-state index contributed by atoms with van der Waals surface area (Å²) in [5.41, 5.74) is 4.96. The predicted molar refractivity (Wildman–Crippen MR) is 122 cm³/mol. The third kappa shape index (κ3) is 5.89. The van der Waals surface area contributed by atoms with Crippen LogP contribution in [0.15, 0.2) is 35.5 Å². The normalized spacial score (nSPS) is 15.8. The van der Waals surface area contributed by atoms with Gasteiger partial charge in [-0.05, 0) is 54.5 Å². The lowest BCUT2D eigenvalue weighted by molar-refractivity contribution is -0.138. The van der Waals surface area contributed by atoms with Crippen molar-refractivity contribution < 1.29 is 18.0 Å². The molecular formula is C23H27F3N4OS. The second-order valence-electron chi connectivity index (χ2n) is 7.96. The van der Waals surface area contributed by atoms with Crippen LogP contribution in [0.25, 0.3) is 0 Å². The predicted octanol–water partition coefficient (Wildman–Crippen LogP) is 4.84. The average Bonchev–Trinajstić information content (AvgIpc) is 2.76. The van der Waals surface area contributed by atoms with Crippen molar-refractivity contribution in [2.75, 3.05) is 25.6 Å². The van der Waals surface area contributed by atoms with Crippen LogP contribution in [0.2, 0.25) is 0 Å². The van der Waals surface area contributed by atoms with E-state index in [0.717, 1.165) is 42.4 Å². The van der Waals surface area contributed by atoms with Crippen LogP contribution in [0.1, 0.15) is 57.1 Å². The number of carbonyl (C=O) groups excluding carboxylic acids is 1. The highest BCUT2D eigenvalue weighted by atomic mass is 32.2. The minimum Gasteiger partial charge on any atom is -0.303 e. The van der Waals surface area contributed by atoms with Crippen molar-refractivity contribution in [3.63, 3.8) is 0 Å². The van der Waals surface area contributed by atoms with E-state index in [1.807, 2.05) is 17.8 Å². The van der Waals surface area contributed by atoms with E-state index in [1.165, 1.54) is 13.0 Å². The van der Waals surface area contributed by atoms with Crippen molar-refractivity contribution in [2.24, 2.45) is 4.99 Å². The number of rotatable bonds is 6. The Morgan fingerprint density at radius 1 is 1.31 bits per heavy atom. The van der Waals surface area contributed by atoms with Crippen molar-refractivity contribution in [1.82, 2.24) is 15.4 Å². The topological polar surface area (TPSA) is 57.6 Å². The van der Waals surface area contributed by atoms with Gasteiger partial charge in [-0.15, -0.1) is 0 Å². The number of alkyl halides is 3. The van der Waals surface area contributed by atoms with Crippen molar-refractivity contribution in [1.29, 1.82) is 0 Å². The molecular weight excluding hydrogens is 437 g/mol. The van der Waals surface area contributed by atoms with Gasteiger partial charge in [0.2, 0.25) is 0 Å². The molecule has 9 heteroatoms. The molecule has 32 heavy (non-hydrogen) atoms. The fourth-order valence-electron chi connectivity index (χ4n) is 3.72. The number of aldehydes is 1. The molecule has 1 saturated heterocycles. The van der Waals surface area contributed by atoms with E-state index >= 15 is 0 Å². The Labute approximate surface area is 190 Å². The molecule has 0 spiro atoms. The van der Waals surface area contributed by atoms with Crippen LogP contribution >= 0.6 is 11.8 Å². The van der Waals surface area contributed by atoms with E-state index in [9.17, 15) is 18.0 Å². The van der Waals surface area contributed by atoms with Gasteiger partial charge in [-0.1, -0.05) is 12.1 Å². The summed E-state index contributed by atoms with van der Waals surface area (Å²) in [6.45, 7) is 1.50. The molecule has 0 unspecified atom stereocenters. The number of carbonyl (C=O) groups is 1. The number of pyridine rings is 1. The maximum absolute atomic E-state index is 13.3. The molecule has 0 radical (unpaired) electrons. The number of amidine groups is 1. The van der Waals surface area contributed by atoms with E-state index in [2.05, 4.69) is 15.4 Å². The fourth-order valence-corrected chi connectivity index (χ4v) is 4.82. The van der Waals surface area contributed by atoms with Gasteiger partial charge in [-0.2, -0.15) is 24.9 Å². The van der Waals surface area contributed by atoms with Crippen LogP contribution < -0.4 is 5.43 Å². The lowest BCUT2D eigenvalue weighted by Gasteiger charge is -2.23. The smallest absolute Gasteiger partial charge is 0.303 e. The minimum atomic E-state index is -4.42. The maximum atomic E-state index is 13.3. The number of nitrogens with zero attached hydrogens (tertiary/aromatic N) is 3. The summed E-state index contributed by atoms with van der Waals surface area (Å²) < 4.78 is 39.8. The summed E-state index contributed by atoms with van der Waals surface area (Å²) in [5.74, 6) is 2.89. The van der Waals surface area contributed by atoms with Gasteiger partial charge in [0.25, 0.3) is 0 Å². The van der Waals surface area contributed by atoms with Gasteiger partial charge < -0.3 is 5.43 Å². The molecule has 172 valence electrons. The quantitative estimate of drug-likeness (QED) is 0.287. The SMILES string of the molecule is Cc1c(CN=C(NN(C)C)c2cc(C3CCSCC3)ncc2C=O)cccc1C(F)(F)F. The average molecular weight is 465 g/mol. The molecule has 0 atom stereocenters. The molecule has 5 nitrogen and oxygen atoms in total. The summed E-state index contributed by atoms with van der Waals surface area (Å²) in [5, 5.41) is 1.68. The molecule has 0 bridgehead atoms. The molecule has 1 N–H and O–H groups in total. The summed E-state index contributed by atoms with van der Waals surface area (Å²) >= 11 is 1.92. The summed E-state index contributed by atoms with van der Waals surface area (Å²) in [6, 6.07) is 5.99. The van der Waals surface area contributed by atoms with E-state index < -0.39 is 11.7 Å². The van der Waals surface area contributed by atoms with E-state index in [0.29, 0.717) is 28.4 Å². The first-order valence-electron chi connectivity index (χ1n) is 10.4. The highest BCUT2D eigenvalue weighted by molar-refractivity contribution is 7.99. The zero-order valence-electron chi connectivity index (χ0n) is 18.4. The number of thioether (sulfide) groups is 1. The Morgan fingerprint density at radius 2 is 2.03 bits per heavy atom. The first kappa shape index (κ1) is 24.3. The summed E-state index contributed by atoms with van der Waals surface area (Å²) in [7, 11) is 3.57. The zero-order chi connectivity index (χ0) is 23.3. The first-order chi connectivity index (χ1) is 15.2. The number of aromatic nitrogens is 1. The molecule has 0 aliphatic carbocycles. The third-order valence-corrected chi connectivity index (χ3v) is 6.51. The van der Waals surface area contributed by atoms with Gasteiger partial charge in [-0.25, -0.2) is 5.01 Å². The molecule has 1 aliphatic heterocycles. The molecule has 1 aliphatic rings. The maximum Gasteiger partial charge on any atom is 0.416 e. The summed E-state index contributed by atoms with van der Waals surface area (Å²) in [6.07, 6.45) is -0.0897. The summed E-state index contributed by atoms with van der Waals surface area (Å²) in [4.78, 5) is 20.8. The van der Waals surface area contributed by atoms with Gasteiger partial charge in [0.1, 0.15) is 5.84 Å². The Morgan fingerprint density at radius 3 is 2.66 bits per heavy atom. The molecule has 1 aromatic heterocycles. The molecule has 1 aromatic carbocycles. The lowest BCUT2D eigenvalue weighted by atomic mass is 9.95. The first-order valence-corrected chi connectivity index (χ1v) is 11.5. The highest BCUT2D eigenvalue weighted by Crippen LogP contribution is 2.33. The van der Waals surface area contributed by atoms with E-state index in [4.69, 9.17) is 0 Å². The minimum absolute atomic E-state index is 0.0436. The van der Waals surface area contributed by atoms with Crippen molar-refractivity contribution in [3.8, 4) is 0 Å². The van der Waals surface area contributed by atoms with Crippen LogP contribution in [-0.2, 0) is 12.7 Å². The second kappa shape index (κ2) is 10.5. The van der Waals surface area contributed by atoms with Crippen LogP contribution in [0.5, 0.6) is 0 Å². The monoisotopic (exact) mass is 464 g/mol. The van der Waals surface area contributed by atoms with Crippen LogP contribution in [-0.4, -0.2) is 47.7 Å². The number of halogens is 3. The Kier molecular flexibility index (Phi) is 7.95. The third-order valence-electron chi connectivity index (χ3n) is 5.47. The number of benzene rings is 1. The molecule has 0 saturated carbocycles. The van der Waals surface area contributed by atoms with Crippen molar-refractivity contribution in [3.05, 3.63) is 64.0 Å². The number of nitrogens with one attached hydrogen (secondary N) is 1. The zero-order valence-corrected chi connectivity index (χ0v) is 19.2. The molecule has 2 heterocycles. The number of hydrazine groups is 1. The van der Waals surface area contributed by atoms with Crippen LogP contribution in [0, 0.1) is 6.92 Å². The number of hydrogen-bond donors (Lipinski definition) is 1. The Hall–Kier alpha value is -2.39. The lowest BCUT2D eigenvalue weighted by Crippen LogP contribution is -2.37. The van der Waals surface area contributed by atoms with Gasteiger partial charge in [0, 0.05) is 43.0 Å². The number of hydrogen-bond acceptors (Lipinski definition) is 5. The van der Waals surface area contributed by atoms with Crippen molar-refractivity contribution in [2.45, 2.75) is 38.4 Å². The molecule has 1 fully saturated rings. The largest absolute Gasteiger partial charge is 0.416 e. The fraction of sp³-hybridized carbons (Fsp3) is 0.435. The van der Waals surface area contributed by atoms with Gasteiger partial charge in [0.15, 0.2) is 6.29 Å².